The molecular weight excluding hydrogens is 324 g/mol. The Balaban J connectivity index is 2.05. The molecule has 140 valence electrons. The summed E-state index contributed by atoms with van der Waals surface area (Å²) in [4.78, 5) is 14.8. The van der Waals surface area contributed by atoms with E-state index in [0.29, 0.717) is 12.5 Å². The first-order chi connectivity index (χ1) is 12.5. The molecule has 2 atom stereocenters. The Morgan fingerprint density at radius 3 is 2.58 bits per heavy atom. The number of hydrogen-bond donors (Lipinski definition) is 1. The lowest BCUT2D eigenvalue weighted by Crippen LogP contribution is -2.39. The maximum atomic E-state index is 12.8. The molecule has 2 aromatic carbocycles. The van der Waals surface area contributed by atoms with E-state index in [2.05, 4.69) is 25.2 Å². The molecule has 0 heterocycles. The van der Waals surface area contributed by atoms with Crippen molar-refractivity contribution in [1.29, 1.82) is 0 Å². The molecule has 0 aromatic heterocycles. The number of nitrogens with one attached hydrogen (secondary N) is 1. The van der Waals surface area contributed by atoms with Crippen LogP contribution < -0.4 is 10.1 Å². The number of carbonyl (C=O) groups is 1. The van der Waals surface area contributed by atoms with Gasteiger partial charge in [-0.2, -0.15) is 0 Å². The van der Waals surface area contributed by atoms with Crippen molar-refractivity contribution in [3.8, 4) is 5.75 Å². The molecule has 0 saturated carbocycles. The van der Waals surface area contributed by atoms with E-state index >= 15 is 0 Å². The van der Waals surface area contributed by atoms with E-state index in [1.807, 2.05) is 61.3 Å². The van der Waals surface area contributed by atoms with Gasteiger partial charge < -0.3 is 10.1 Å². The van der Waals surface area contributed by atoms with Crippen molar-refractivity contribution in [1.82, 2.24) is 4.90 Å². The van der Waals surface area contributed by atoms with Gasteiger partial charge in [0.05, 0.1) is 13.2 Å². The van der Waals surface area contributed by atoms with E-state index in [9.17, 15) is 4.79 Å². The third-order valence-corrected chi connectivity index (χ3v) is 4.97. The van der Waals surface area contributed by atoms with Crippen molar-refractivity contribution in [2.75, 3.05) is 19.5 Å². The lowest BCUT2D eigenvalue weighted by atomic mass is 9.97. The first-order valence-electron chi connectivity index (χ1n) is 9.19. The number of methoxy groups -OCH3 is 1. The highest BCUT2D eigenvalue weighted by molar-refractivity contribution is 5.95. The maximum absolute atomic E-state index is 12.8. The second-order valence-electron chi connectivity index (χ2n) is 6.83. The van der Waals surface area contributed by atoms with Crippen LogP contribution in [0.3, 0.4) is 0 Å². The molecule has 0 unspecified atom stereocenters. The second kappa shape index (κ2) is 9.39. The number of nitrogens with zero attached hydrogens (tertiary/aromatic N) is 1. The summed E-state index contributed by atoms with van der Waals surface area (Å²) in [7, 11) is 3.62. The summed E-state index contributed by atoms with van der Waals surface area (Å²) in [6.07, 6.45) is 1.04. The number of amides is 1. The van der Waals surface area contributed by atoms with Gasteiger partial charge in [-0.05, 0) is 55.6 Å². The van der Waals surface area contributed by atoms with Crippen molar-refractivity contribution in [3.63, 3.8) is 0 Å². The maximum Gasteiger partial charge on any atom is 0.241 e. The quantitative estimate of drug-likeness (QED) is 0.749. The van der Waals surface area contributed by atoms with Gasteiger partial charge in [-0.15, -0.1) is 0 Å². The van der Waals surface area contributed by atoms with E-state index in [0.717, 1.165) is 23.4 Å². The Hall–Kier alpha value is -2.33. The minimum atomic E-state index is -0.244. The van der Waals surface area contributed by atoms with Crippen LogP contribution in [0.5, 0.6) is 5.75 Å². The fourth-order valence-electron chi connectivity index (χ4n) is 2.89. The molecule has 4 heteroatoms. The zero-order valence-corrected chi connectivity index (χ0v) is 16.5. The van der Waals surface area contributed by atoms with Crippen molar-refractivity contribution in [2.24, 2.45) is 0 Å². The molecule has 4 nitrogen and oxygen atoms in total. The molecule has 26 heavy (non-hydrogen) atoms. The minimum Gasteiger partial charge on any atom is -0.497 e. The van der Waals surface area contributed by atoms with Crippen molar-refractivity contribution in [2.45, 2.75) is 45.7 Å². The van der Waals surface area contributed by atoms with Crippen LogP contribution in [0.2, 0.25) is 0 Å². The number of likely N-dealkylation sites (N-methyl/N-ethyl adjacent to an activating group) is 1. The lowest BCUT2D eigenvalue weighted by Gasteiger charge is -2.25. The summed E-state index contributed by atoms with van der Waals surface area (Å²) in [5, 5.41) is 3.11. The average molecular weight is 354 g/mol. The van der Waals surface area contributed by atoms with Crippen LogP contribution >= 0.6 is 0 Å². The van der Waals surface area contributed by atoms with Crippen LogP contribution in [0.15, 0.2) is 48.5 Å². The SMILES string of the molecule is CC[C@@H](C)c1ccccc1NC(=O)[C@@H](C)N(C)Cc1cccc(OC)c1. The van der Waals surface area contributed by atoms with Crippen LogP contribution in [0.4, 0.5) is 5.69 Å². The number of ether oxygens (including phenoxy) is 1. The van der Waals surface area contributed by atoms with E-state index in [1.54, 1.807) is 7.11 Å². The molecular formula is C22H30N2O2. The van der Waals surface area contributed by atoms with Crippen LogP contribution in [0.25, 0.3) is 0 Å². The molecule has 0 aliphatic rings. The molecule has 2 aromatic rings. The zero-order chi connectivity index (χ0) is 19.1. The number of hydrogen-bond acceptors (Lipinski definition) is 3. The Kier molecular flexibility index (Phi) is 7.22. The molecule has 1 N–H and O–H groups in total. The summed E-state index contributed by atoms with van der Waals surface area (Å²) < 4.78 is 5.27. The summed E-state index contributed by atoms with van der Waals surface area (Å²) in [6.45, 7) is 6.96. The van der Waals surface area contributed by atoms with Crippen LogP contribution in [0, 0.1) is 0 Å². The number of anilines is 1. The van der Waals surface area contributed by atoms with Crippen LogP contribution in [-0.4, -0.2) is 31.0 Å². The lowest BCUT2D eigenvalue weighted by molar-refractivity contribution is -0.120. The highest BCUT2D eigenvalue weighted by Crippen LogP contribution is 2.26. The first kappa shape index (κ1) is 20.0. The third kappa shape index (κ3) is 5.09. The highest BCUT2D eigenvalue weighted by Gasteiger charge is 2.20. The minimum absolute atomic E-state index is 0.00569. The number of rotatable bonds is 8. The topological polar surface area (TPSA) is 41.6 Å². The molecule has 1 amide bonds. The van der Waals surface area contributed by atoms with Gasteiger partial charge >= 0.3 is 0 Å². The molecule has 2 rings (SSSR count). The second-order valence-corrected chi connectivity index (χ2v) is 6.83. The Morgan fingerprint density at radius 1 is 1.15 bits per heavy atom. The number of para-hydroxylation sites is 1. The Bertz CT molecular complexity index is 730. The predicted molar refractivity (Wildman–Crippen MR) is 108 cm³/mol. The van der Waals surface area contributed by atoms with Gasteiger partial charge in [-0.1, -0.05) is 44.2 Å². The fourth-order valence-corrected chi connectivity index (χ4v) is 2.89. The normalized spacial score (nSPS) is 13.3. The molecule has 0 aliphatic heterocycles. The van der Waals surface area contributed by atoms with Crippen molar-refractivity contribution < 1.29 is 9.53 Å². The molecule has 0 saturated heterocycles. The zero-order valence-electron chi connectivity index (χ0n) is 16.5. The van der Waals surface area contributed by atoms with Gasteiger partial charge in [0.15, 0.2) is 0 Å². The largest absolute Gasteiger partial charge is 0.497 e. The standard InChI is InChI=1S/C22H30N2O2/c1-6-16(2)20-12-7-8-13-21(20)23-22(25)17(3)24(4)15-18-10-9-11-19(14-18)26-5/h7-14,16-17H,6,15H2,1-5H3,(H,23,25)/t16-,17-/m1/s1. The van der Waals surface area contributed by atoms with E-state index in [1.165, 1.54) is 5.56 Å². The van der Waals surface area contributed by atoms with Crippen molar-refractivity contribution in [3.05, 3.63) is 59.7 Å². The third-order valence-electron chi connectivity index (χ3n) is 4.97. The fraction of sp³-hybridized carbons (Fsp3) is 0.409. The summed E-state index contributed by atoms with van der Waals surface area (Å²) >= 11 is 0. The first-order valence-corrected chi connectivity index (χ1v) is 9.19. The molecule has 0 radical (unpaired) electrons. The molecule has 0 aliphatic carbocycles. The molecule has 0 fully saturated rings. The summed E-state index contributed by atoms with van der Waals surface area (Å²) in [5.41, 5.74) is 3.21. The van der Waals surface area contributed by atoms with Gasteiger partial charge in [-0.3, -0.25) is 9.69 Å². The van der Waals surface area contributed by atoms with Gasteiger partial charge in [0.1, 0.15) is 5.75 Å². The highest BCUT2D eigenvalue weighted by atomic mass is 16.5. The Labute approximate surface area is 157 Å². The van der Waals surface area contributed by atoms with Gasteiger partial charge in [-0.25, -0.2) is 0 Å². The Morgan fingerprint density at radius 2 is 1.88 bits per heavy atom. The van der Waals surface area contributed by atoms with Crippen molar-refractivity contribution >= 4 is 11.6 Å². The summed E-state index contributed by atoms with van der Waals surface area (Å²) in [5.74, 6) is 1.25. The van der Waals surface area contributed by atoms with Gasteiger partial charge in [0.25, 0.3) is 0 Å². The van der Waals surface area contributed by atoms with Crippen LogP contribution in [0.1, 0.15) is 44.2 Å². The average Bonchev–Trinajstić information content (AvgIpc) is 2.67. The van der Waals surface area contributed by atoms with E-state index < -0.39 is 0 Å². The van der Waals surface area contributed by atoms with Gasteiger partial charge in [0, 0.05) is 12.2 Å². The smallest absolute Gasteiger partial charge is 0.241 e. The molecule has 0 bridgehead atoms. The molecule has 0 spiro atoms. The van der Waals surface area contributed by atoms with E-state index in [4.69, 9.17) is 4.74 Å². The van der Waals surface area contributed by atoms with Gasteiger partial charge in [0.2, 0.25) is 5.91 Å². The summed E-state index contributed by atoms with van der Waals surface area (Å²) in [6, 6.07) is 15.7. The number of carbonyl (C=O) groups excluding carboxylic acids is 1. The number of benzene rings is 2. The van der Waals surface area contributed by atoms with E-state index in [-0.39, 0.29) is 11.9 Å². The monoisotopic (exact) mass is 354 g/mol. The van der Waals surface area contributed by atoms with Crippen LogP contribution in [-0.2, 0) is 11.3 Å². The predicted octanol–water partition coefficient (Wildman–Crippen LogP) is 4.67.